The summed E-state index contributed by atoms with van der Waals surface area (Å²) in [6, 6.07) is 15.6. The number of aryl methyl sites for hydroxylation is 2. The standard InChI is InChI=1S/C19H20N4O2/c1-13-6-5-7-14(12-13)10-11-17(24)20-19-21-18(22-23-19)15-8-3-4-9-16(15)25-2/h3-9,12H,10-11H2,1-2H3,(H2,20,21,22,23,24). The van der Waals surface area contributed by atoms with E-state index in [0.29, 0.717) is 24.4 Å². The summed E-state index contributed by atoms with van der Waals surface area (Å²) in [6.07, 6.45) is 1.05. The van der Waals surface area contributed by atoms with Gasteiger partial charge in [0.05, 0.1) is 12.7 Å². The zero-order valence-electron chi connectivity index (χ0n) is 14.2. The van der Waals surface area contributed by atoms with Crippen molar-refractivity contribution in [1.29, 1.82) is 0 Å². The molecule has 3 aromatic rings. The first-order chi connectivity index (χ1) is 12.2. The normalized spacial score (nSPS) is 10.5. The van der Waals surface area contributed by atoms with E-state index in [1.807, 2.05) is 49.4 Å². The summed E-state index contributed by atoms with van der Waals surface area (Å²) < 4.78 is 5.31. The summed E-state index contributed by atoms with van der Waals surface area (Å²) in [6.45, 7) is 2.04. The van der Waals surface area contributed by atoms with E-state index in [1.165, 1.54) is 5.56 Å². The molecule has 1 aromatic heterocycles. The summed E-state index contributed by atoms with van der Waals surface area (Å²) >= 11 is 0. The van der Waals surface area contributed by atoms with Crippen LogP contribution in [0.2, 0.25) is 0 Å². The van der Waals surface area contributed by atoms with Crippen molar-refractivity contribution >= 4 is 11.9 Å². The van der Waals surface area contributed by atoms with Crippen molar-refractivity contribution in [3.05, 3.63) is 59.7 Å². The lowest BCUT2D eigenvalue weighted by Gasteiger charge is -2.04. The van der Waals surface area contributed by atoms with Gasteiger partial charge in [-0.05, 0) is 31.0 Å². The van der Waals surface area contributed by atoms with E-state index >= 15 is 0 Å². The van der Waals surface area contributed by atoms with Crippen LogP contribution in [0.25, 0.3) is 11.4 Å². The highest BCUT2D eigenvalue weighted by molar-refractivity contribution is 5.89. The maximum Gasteiger partial charge on any atom is 0.249 e. The highest BCUT2D eigenvalue weighted by Crippen LogP contribution is 2.27. The smallest absolute Gasteiger partial charge is 0.249 e. The number of methoxy groups -OCH3 is 1. The molecule has 1 amide bonds. The van der Waals surface area contributed by atoms with Crippen LogP contribution in [0.3, 0.4) is 0 Å². The Morgan fingerprint density at radius 3 is 2.84 bits per heavy atom. The lowest BCUT2D eigenvalue weighted by atomic mass is 10.1. The minimum atomic E-state index is -0.118. The van der Waals surface area contributed by atoms with E-state index in [2.05, 4.69) is 26.6 Å². The monoisotopic (exact) mass is 336 g/mol. The maximum atomic E-state index is 12.1. The van der Waals surface area contributed by atoms with Gasteiger partial charge in [-0.2, -0.15) is 4.98 Å². The molecule has 128 valence electrons. The average molecular weight is 336 g/mol. The van der Waals surface area contributed by atoms with Crippen LogP contribution in [0.5, 0.6) is 5.75 Å². The number of carbonyl (C=O) groups excluding carboxylic acids is 1. The van der Waals surface area contributed by atoms with Crippen LogP contribution >= 0.6 is 0 Å². The van der Waals surface area contributed by atoms with Crippen molar-refractivity contribution in [1.82, 2.24) is 15.2 Å². The molecule has 0 radical (unpaired) electrons. The van der Waals surface area contributed by atoms with E-state index in [4.69, 9.17) is 4.74 Å². The first-order valence-corrected chi connectivity index (χ1v) is 8.07. The van der Waals surface area contributed by atoms with Gasteiger partial charge < -0.3 is 4.74 Å². The molecule has 0 aliphatic carbocycles. The van der Waals surface area contributed by atoms with Crippen molar-refractivity contribution in [2.45, 2.75) is 19.8 Å². The Bertz CT molecular complexity index is 873. The molecule has 0 aliphatic heterocycles. The predicted octanol–water partition coefficient (Wildman–Crippen LogP) is 3.36. The molecule has 0 aliphatic rings. The summed E-state index contributed by atoms with van der Waals surface area (Å²) in [5, 5.41) is 9.60. The number of carbonyl (C=O) groups is 1. The van der Waals surface area contributed by atoms with Crippen LogP contribution in [0.4, 0.5) is 5.95 Å². The van der Waals surface area contributed by atoms with Gasteiger partial charge in [-0.15, -0.1) is 5.10 Å². The Balaban J connectivity index is 1.62. The Kier molecular flexibility index (Phi) is 5.09. The van der Waals surface area contributed by atoms with Gasteiger partial charge in [-0.3, -0.25) is 15.2 Å². The number of nitrogens with one attached hydrogen (secondary N) is 2. The Labute approximate surface area is 146 Å². The maximum absolute atomic E-state index is 12.1. The molecule has 0 bridgehead atoms. The Morgan fingerprint density at radius 2 is 2.04 bits per heavy atom. The third-order valence-corrected chi connectivity index (χ3v) is 3.82. The first kappa shape index (κ1) is 16.7. The number of amides is 1. The summed E-state index contributed by atoms with van der Waals surface area (Å²) in [5.41, 5.74) is 3.12. The quantitative estimate of drug-likeness (QED) is 0.723. The third-order valence-electron chi connectivity index (χ3n) is 3.82. The van der Waals surface area contributed by atoms with Crippen molar-refractivity contribution in [2.75, 3.05) is 12.4 Å². The van der Waals surface area contributed by atoms with Crippen LogP contribution < -0.4 is 10.1 Å². The average Bonchev–Trinajstić information content (AvgIpc) is 3.08. The van der Waals surface area contributed by atoms with Crippen LogP contribution in [0.1, 0.15) is 17.5 Å². The van der Waals surface area contributed by atoms with Gasteiger partial charge in [0.25, 0.3) is 0 Å². The lowest BCUT2D eigenvalue weighted by molar-refractivity contribution is -0.116. The molecule has 3 rings (SSSR count). The summed E-state index contributed by atoms with van der Waals surface area (Å²) in [7, 11) is 1.60. The first-order valence-electron chi connectivity index (χ1n) is 8.07. The number of para-hydroxylation sites is 1. The number of benzene rings is 2. The van der Waals surface area contributed by atoms with Crippen molar-refractivity contribution in [3.63, 3.8) is 0 Å². The molecule has 25 heavy (non-hydrogen) atoms. The molecular formula is C19H20N4O2. The fourth-order valence-electron chi connectivity index (χ4n) is 2.59. The number of hydrogen-bond donors (Lipinski definition) is 2. The van der Waals surface area contributed by atoms with Gasteiger partial charge in [0.1, 0.15) is 5.75 Å². The van der Waals surface area contributed by atoms with Crippen LogP contribution in [-0.4, -0.2) is 28.2 Å². The molecule has 0 atom stereocenters. The van der Waals surface area contributed by atoms with Crippen molar-refractivity contribution in [2.24, 2.45) is 0 Å². The number of anilines is 1. The second kappa shape index (κ2) is 7.61. The fourth-order valence-corrected chi connectivity index (χ4v) is 2.59. The number of H-pyrrole nitrogens is 1. The van der Waals surface area contributed by atoms with E-state index in [0.717, 1.165) is 11.1 Å². The van der Waals surface area contributed by atoms with Crippen LogP contribution in [0, 0.1) is 6.92 Å². The molecule has 0 spiro atoms. The fraction of sp³-hybridized carbons (Fsp3) is 0.211. The minimum absolute atomic E-state index is 0.118. The van der Waals surface area contributed by atoms with Crippen molar-refractivity contribution < 1.29 is 9.53 Å². The predicted molar refractivity (Wildman–Crippen MR) is 96.5 cm³/mol. The molecule has 0 saturated carbocycles. The van der Waals surface area contributed by atoms with Gasteiger partial charge in [-0.1, -0.05) is 42.0 Å². The molecule has 1 heterocycles. The Morgan fingerprint density at radius 1 is 1.20 bits per heavy atom. The molecule has 0 saturated heterocycles. The molecule has 6 heteroatoms. The molecule has 2 N–H and O–H groups in total. The zero-order chi connectivity index (χ0) is 17.6. The lowest BCUT2D eigenvalue weighted by Crippen LogP contribution is -2.13. The van der Waals surface area contributed by atoms with Gasteiger partial charge in [-0.25, -0.2) is 0 Å². The highest BCUT2D eigenvalue weighted by Gasteiger charge is 2.12. The van der Waals surface area contributed by atoms with E-state index in [9.17, 15) is 4.79 Å². The second-order valence-electron chi connectivity index (χ2n) is 5.75. The molecule has 6 nitrogen and oxygen atoms in total. The van der Waals surface area contributed by atoms with Crippen molar-refractivity contribution in [3.8, 4) is 17.1 Å². The minimum Gasteiger partial charge on any atom is -0.496 e. The van der Waals surface area contributed by atoms with Gasteiger partial charge >= 0.3 is 0 Å². The summed E-state index contributed by atoms with van der Waals surface area (Å²) in [4.78, 5) is 16.4. The van der Waals surface area contributed by atoms with Crippen LogP contribution in [-0.2, 0) is 11.2 Å². The largest absolute Gasteiger partial charge is 0.496 e. The molecule has 2 aromatic carbocycles. The number of aromatic amines is 1. The Hall–Kier alpha value is -3.15. The second-order valence-corrected chi connectivity index (χ2v) is 5.75. The van der Waals surface area contributed by atoms with Gasteiger partial charge in [0.2, 0.25) is 11.9 Å². The van der Waals surface area contributed by atoms with Crippen LogP contribution in [0.15, 0.2) is 48.5 Å². The number of ether oxygens (including phenoxy) is 1. The molecular weight excluding hydrogens is 316 g/mol. The zero-order valence-corrected chi connectivity index (χ0v) is 14.2. The molecule has 0 unspecified atom stereocenters. The van der Waals surface area contributed by atoms with E-state index in [-0.39, 0.29) is 11.9 Å². The van der Waals surface area contributed by atoms with E-state index < -0.39 is 0 Å². The number of nitrogens with zero attached hydrogens (tertiary/aromatic N) is 2. The SMILES string of the molecule is COc1ccccc1-c1nc(NC(=O)CCc2cccc(C)c2)n[nH]1. The highest BCUT2D eigenvalue weighted by atomic mass is 16.5. The topological polar surface area (TPSA) is 79.9 Å². The molecule has 0 fully saturated rings. The van der Waals surface area contributed by atoms with Gasteiger partial charge in [0.15, 0.2) is 5.82 Å². The van der Waals surface area contributed by atoms with Gasteiger partial charge in [0, 0.05) is 6.42 Å². The third kappa shape index (κ3) is 4.23. The van der Waals surface area contributed by atoms with E-state index in [1.54, 1.807) is 7.11 Å². The number of hydrogen-bond acceptors (Lipinski definition) is 4. The number of rotatable bonds is 6. The summed E-state index contributed by atoms with van der Waals surface area (Å²) in [5.74, 6) is 1.38. The number of aromatic nitrogens is 3.